The second-order valence-corrected chi connectivity index (χ2v) is 7.37. The van der Waals surface area contributed by atoms with Crippen LogP contribution >= 0.6 is 0 Å². The topological polar surface area (TPSA) is 92.9 Å². The summed E-state index contributed by atoms with van der Waals surface area (Å²) in [7, 11) is 0. The lowest BCUT2D eigenvalue weighted by atomic mass is 9.95. The minimum atomic E-state index is -4.83. The number of benzene rings is 1. The van der Waals surface area contributed by atoms with Crippen LogP contribution in [-0.2, 0) is 5.60 Å². The molecule has 0 aliphatic heterocycles. The van der Waals surface area contributed by atoms with Crippen molar-refractivity contribution in [3.05, 3.63) is 90.5 Å². The average Bonchev–Trinajstić information content (AvgIpc) is 3.23. The number of nitrogens with one attached hydrogen (secondary N) is 1. The second kappa shape index (κ2) is 8.47. The van der Waals surface area contributed by atoms with Gasteiger partial charge in [-0.15, -0.1) is 0 Å². The molecule has 2 N–H and O–H groups in total. The van der Waals surface area contributed by atoms with Crippen molar-refractivity contribution in [1.82, 2.24) is 19.7 Å². The molecular formula is C23H18F3N5O2. The third kappa shape index (κ3) is 4.46. The minimum Gasteiger partial charge on any atom is -0.376 e. The number of hydrogen-bond donors (Lipinski definition) is 2. The summed E-state index contributed by atoms with van der Waals surface area (Å²) in [5.41, 5.74) is -1.30. The molecule has 168 valence electrons. The lowest BCUT2D eigenvalue weighted by Gasteiger charge is -2.26. The van der Waals surface area contributed by atoms with Crippen LogP contribution < -0.4 is 5.32 Å². The summed E-state index contributed by atoms with van der Waals surface area (Å²) in [6.45, 7) is 0.692. The highest BCUT2D eigenvalue weighted by molar-refractivity contribution is 6.04. The minimum absolute atomic E-state index is 0.305. The van der Waals surface area contributed by atoms with Gasteiger partial charge < -0.3 is 10.4 Å². The largest absolute Gasteiger partial charge is 0.421 e. The molecule has 1 unspecified atom stereocenters. The van der Waals surface area contributed by atoms with Crippen LogP contribution in [0.25, 0.3) is 16.9 Å². The van der Waals surface area contributed by atoms with E-state index in [-0.39, 0.29) is 5.56 Å². The highest BCUT2D eigenvalue weighted by atomic mass is 19.4. The van der Waals surface area contributed by atoms with Crippen LogP contribution in [0.2, 0.25) is 0 Å². The molecule has 0 aliphatic carbocycles. The van der Waals surface area contributed by atoms with Crippen LogP contribution in [0.4, 0.5) is 19.0 Å². The van der Waals surface area contributed by atoms with Crippen molar-refractivity contribution >= 4 is 11.7 Å². The number of alkyl halides is 3. The predicted octanol–water partition coefficient (Wildman–Crippen LogP) is 4.35. The van der Waals surface area contributed by atoms with Gasteiger partial charge in [0, 0.05) is 42.0 Å². The lowest BCUT2D eigenvalue weighted by Crippen LogP contribution is -2.39. The Bertz CT molecular complexity index is 1260. The van der Waals surface area contributed by atoms with E-state index in [2.05, 4.69) is 20.4 Å². The Hall–Kier alpha value is -4.05. The van der Waals surface area contributed by atoms with Crippen LogP contribution in [0.3, 0.4) is 0 Å². The quantitative estimate of drug-likeness (QED) is 0.469. The maximum atomic E-state index is 13.2. The molecule has 10 heteroatoms. The van der Waals surface area contributed by atoms with Crippen LogP contribution in [0.1, 0.15) is 22.8 Å². The van der Waals surface area contributed by atoms with E-state index >= 15 is 0 Å². The van der Waals surface area contributed by atoms with Gasteiger partial charge in [0.05, 0.1) is 11.4 Å². The van der Waals surface area contributed by atoms with E-state index in [1.165, 1.54) is 41.3 Å². The molecule has 0 saturated heterocycles. The average molecular weight is 453 g/mol. The molecule has 4 aromatic rings. The molecule has 0 spiro atoms. The fourth-order valence-electron chi connectivity index (χ4n) is 3.11. The Morgan fingerprint density at radius 2 is 1.52 bits per heavy atom. The Morgan fingerprint density at radius 3 is 2.09 bits per heavy atom. The molecule has 0 fully saturated rings. The normalized spacial score (nSPS) is 13.4. The number of aliphatic hydroxyl groups is 1. The first-order chi connectivity index (χ1) is 15.7. The number of nitrogens with zero attached hydrogens (tertiary/aromatic N) is 4. The Labute approximate surface area is 186 Å². The number of carbonyl (C=O) groups is 1. The fraction of sp³-hybridized carbons (Fsp3) is 0.130. The van der Waals surface area contributed by atoms with E-state index in [9.17, 15) is 23.1 Å². The van der Waals surface area contributed by atoms with Gasteiger partial charge in [0.1, 0.15) is 5.82 Å². The summed E-state index contributed by atoms with van der Waals surface area (Å²) in [4.78, 5) is 20.5. The van der Waals surface area contributed by atoms with Crippen molar-refractivity contribution in [2.24, 2.45) is 0 Å². The first-order valence-corrected chi connectivity index (χ1v) is 9.79. The molecule has 1 aromatic carbocycles. The molecule has 0 bridgehead atoms. The number of hydrogen-bond acceptors (Lipinski definition) is 5. The Balaban J connectivity index is 1.73. The van der Waals surface area contributed by atoms with Gasteiger partial charge in [-0.1, -0.05) is 12.1 Å². The third-order valence-electron chi connectivity index (χ3n) is 5.10. The second-order valence-electron chi connectivity index (χ2n) is 7.37. The van der Waals surface area contributed by atoms with E-state index in [4.69, 9.17) is 0 Å². The summed E-state index contributed by atoms with van der Waals surface area (Å²) in [5, 5.41) is 17.2. The number of carbonyl (C=O) groups excluding carboxylic acids is 1. The van der Waals surface area contributed by atoms with E-state index in [0.29, 0.717) is 29.7 Å². The monoisotopic (exact) mass is 453 g/mol. The third-order valence-corrected chi connectivity index (χ3v) is 5.10. The summed E-state index contributed by atoms with van der Waals surface area (Å²) >= 11 is 0. The van der Waals surface area contributed by atoms with Crippen LogP contribution in [0.15, 0.2) is 79.4 Å². The Morgan fingerprint density at radius 1 is 0.939 bits per heavy atom. The van der Waals surface area contributed by atoms with Crippen LogP contribution in [0, 0.1) is 0 Å². The Kier molecular flexibility index (Phi) is 5.69. The summed E-state index contributed by atoms with van der Waals surface area (Å²) in [6, 6.07) is 13.4. The smallest absolute Gasteiger partial charge is 0.376 e. The van der Waals surface area contributed by atoms with Gasteiger partial charge in [-0.3, -0.25) is 14.8 Å². The molecule has 33 heavy (non-hydrogen) atoms. The lowest BCUT2D eigenvalue weighted by molar-refractivity contribution is -0.258. The predicted molar refractivity (Wildman–Crippen MR) is 115 cm³/mol. The van der Waals surface area contributed by atoms with Gasteiger partial charge in [0.25, 0.3) is 5.91 Å². The van der Waals surface area contributed by atoms with Crippen molar-refractivity contribution in [2.45, 2.75) is 18.7 Å². The summed E-state index contributed by atoms with van der Waals surface area (Å²) in [5.74, 6) is -0.101. The van der Waals surface area contributed by atoms with Crippen molar-refractivity contribution in [1.29, 1.82) is 0 Å². The van der Waals surface area contributed by atoms with Crippen LogP contribution in [0.5, 0.6) is 0 Å². The number of aromatic nitrogens is 4. The summed E-state index contributed by atoms with van der Waals surface area (Å²) < 4.78 is 40.9. The number of anilines is 1. The SMILES string of the molecule is CC(O)(c1ccc(-n2nc(-c3ccncc3)cc2NC(=O)c2ccncc2)cc1)C(F)(F)F. The highest BCUT2D eigenvalue weighted by Gasteiger charge is 2.51. The molecule has 1 amide bonds. The molecule has 3 aromatic heterocycles. The van der Waals surface area contributed by atoms with Crippen molar-refractivity contribution in [2.75, 3.05) is 5.32 Å². The molecular weight excluding hydrogens is 435 g/mol. The number of pyridine rings is 2. The molecule has 1 atom stereocenters. The zero-order valence-electron chi connectivity index (χ0n) is 17.3. The van der Waals surface area contributed by atoms with E-state index in [0.717, 1.165) is 5.56 Å². The number of rotatable bonds is 5. The zero-order valence-corrected chi connectivity index (χ0v) is 17.3. The van der Waals surface area contributed by atoms with Gasteiger partial charge in [-0.05, 0) is 48.9 Å². The van der Waals surface area contributed by atoms with E-state index in [1.54, 1.807) is 42.7 Å². The van der Waals surface area contributed by atoms with E-state index < -0.39 is 17.7 Å². The molecule has 3 heterocycles. The van der Waals surface area contributed by atoms with Gasteiger partial charge in [0.15, 0.2) is 5.60 Å². The molecule has 0 saturated carbocycles. The molecule has 0 radical (unpaired) electrons. The maximum Gasteiger partial charge on any atom is 0.421 e. The van der Waals surface area contributed by atoms with Gasteiger partial charge in [0.2, 0.25) is 0 Å². The fourth-order valence-corrected chi connectivity index (χ4v) is 3.11. The van der Waals surface area contributed by atoms with Crippen molar-refractivity contribution in [3.8, 4) is 16.9 Å². The zero-order chi connectivity index (χ0) is 23.6. The van der Waals surface area contributed by atoms with Crippen molar-refractivity contribution < 1.29 is 23.1 Å². The van der Waals surface area contributed by atoms with Crippen LogP contribution in [-0.4, -0.2) is 36.9 Å². The summed E-state index contributed by atoms with van der Waals surface area (Å²) in [6.07, 6.45) is 1.33. The van der Waals surface area contributed by atoms with Crippen molar-refractivity contribution in [3.63, 3.8) is 0 Å². The van der Waals surface area contributed by atoms with Gasteiger partial charge >= 0.3 is 6.18 Å². The highest BCUT2D eigenvalue weighted by Crippen LogP contribution is 2.38. The first-order valence-electron chi connectivity index (χ1n) is 9.79. The standard InChI is InChI=1S/C23H18F3N5O2/c1-22(33,23(24,25)26)17-2-4-18(5-3-17)31-20(29-21(32)16-8-12-28-13-9-16)14-19(30-31)15-6-10-27-11-7-15/h2-14,33H,1H3,(H,29,32). The van der Waals surface area contributed by atoms with Gasteiger partial charge in [-0.25, -0.2) is 4.68 Å². The number of halogens is 3. The molecule has 0 aliphatic rings. The molecule has 7 nitrogen and oxygen atoms in total. The van der Waals surface area contributed by atoms with Gasteiger partial charge in [-0.2, -0.15) is 18.3 Å². The first kappa shape index (κ1) is 22.2. The number of amides is 1. The van der Waals surface area contributed by atoms with E-state index in [1.807, 2.05) is 0 Å². The maximum absolute atomic E-state index is 13.2. The molecule has 4 rings (SSSR count).